The lowest BCUT2D eigenvalue weighted by molar-refractivity contribution is 0.0899. The van der Waals surface area contributed by atoms with Crippen molar-refractivity contribution in [3.8, 4) is 0 Å². The molecule has 3 nitrogen and oxygen atoms in total. The van der Waals surface area contributed by atoms with Gasteiger partial charge in [0, 0.05) is 33.3 Å². The van der Waals surface area contributed by atoms with E-state index in [1.54, 1.807) is 7.11 Å². The van der Waals surface area contributed by atoms with Crippen molar-refractivity contribution < 1.29 is 4.74 Å². The fraction of sp³-hybridized carbons (Fsp3) is 1.00. The zero-order valence-corrected chi connectivity index (χ0v) is 14.8. The Hall–Kier alpha value is -0.120. The van der Waals surface area contributed by atoms with Gasteiger partial charge in [0.25, 0.3) is 0 Å². The summed E-state index contributed by atoms with van der Waals surface area (Å²) in [4.78, 5) is 2.59. The first-order chi connectivity index (χ1) is 9.53. The first-order valence-electron chi connectivity index (χ1n) is 8.45. The summed E-state index contributed by atoms with van der Waals surface area (Å²) >= 11 is 0. The predicted molar refractivity (Wildman–Crippen MR) is 89.3 cm³/mol. The van der Waals surface area contributed by atoms with Crippen LogP contribution in [0.3, 0.4) is 0 Å². The molecule has 0 unspecified atom stereocenters. The van der Waals surface area contributed by atoms with E-state index < -0.39 is 0 Å². The maximum atomic E-state index is 5.28. The van der Waals surface area contributed by atoms with Crippen LogP contribution in [-0.4, -0.2) is 51.3 Å². The van der Waals surface area contributed by atoms with E-state index >= 15 is 0 Å². The lowest BCUT2D eigenvalue weighted by Gasteiger charge is -2.38. The van der Waals surface area contributed by atoms with Crippen LogP contribution in [0.5, 0.6) is 0 Å². The fourth-order valence-corrected chi connectivity index (χ4v) is 2.76. The maximum absolute atomic E-state index is 5.28. The van der Waals surface area contributed by atoms with Crippen molar-refractivity contribution in [2.45, 2.75) is 53.9 Å². The smallest absolute Gasteiger partial charge is 0.0589 e. The number of ether oxygens (including phenoxy) is 1. The predicted octanol–water partition coefficient (Wildman–Crippen LogP) is 3.40. The molecule has 3 heteroatoms. The van der Waals surface area contributed by atoms with Gasteiger partial charge >= 0.3 is 0 Å². The molecule has 0 atom stereocenters. The molecule has 0 saturated heterocycles. The van der Waals surface area contributed by atoms with Gasteiger partial charge in [-0.15, -0.1) is 0 Å². The van der Waals surface area contributed by atoms with Crippen LogP contribution in [0.4, 0.5) is 0 Å². The molecule has 0 radical (unpaired) electrons. The maximum Gasteiger partial charge on any atom is 0.0589 e. The molecule has 0 aromatic carbocycles. The van der Waals surface area contributed by atoms with Crippen molar-refractivity contribution in [3.05, 3.63) is 0 Å². The second-order valence-electron chi connectivity index (χ2n) is 6.51. The Bertz CT molecular complexity index is 215. The van der Waals surface area contributed by atoms with Crippen LogP contribution >= 0.6 is 0 Å². The summed E-state index contributed by atoms with van der Waals surface area (Å²) in [5.41, 5.74) is 0.401. The van der Waals surface area contributed by atoms with E-state index in [2.05, 4.69) is 44.8 Å². The van der Waals surface area contributed by atoms with E-state index in [0.717, 1.165) is 26.2 Å². The second-order valence-corrected chi connectivity index (χ2v) is 6.51. The molecule has 0 saturated carbocycles. The average Bonchev–Trinajstić information content (AvgIpc) is 2.43. The highest BCUT2D eigenvalue weighted by Gasteiger charge is 2.28. The summed E-state index contributed by atoms with van der Waals surface area (Å²) in [5.74, 6) is 0.710. The lowest BCUT2D eigenvalue weighted by atomic mass is 9.81. The molecule has 20 heavy (non-hydrogen) atoms. The van der Waals surface area contributed by atoms with Gasteiger partial charge in [0.05, 0.1) is 6.61 Å². The molecule has 0 fully saturated rings. The summed E-state index contributed by atoms with van der Waals surface area (Å²) in [7, 11) is 1.79. The largest absolute Gasteiger partial charge is 0.383 e. The van der Waals surface area contributed by atoms with E-state index in [4.69, 9.17) is 4.74 Å². The van der Waals surface area contributed by atoms with Gasteiger partial charge in [0.15, 0.2) is 0 Å². The van der Waals surface area contributed by atoms with Crippen molar-refractivity contribution in [1.82, 2.24) is 10.2 Å². The first-order valence-corrected chi connectivity index (χ1v) is 8.45. The molecule has 0 bridgehead atoms. The van der Waals surface area contributed by atoms with Crippen molar-refractivity contribution in [2.24, 2.45) is 11.3 Å². The second kappa shape index (κ2) is 11.5. The third-order valence-corrected chi connectivity index (χ3v) is 4.22. The van der Waals surface area contributed by atoms with Crippen molar-refractivity contribution >= 4 is 0 Å². The van der Waals surface area contributed by atoms with Crippen LogP contribution in [0.2, 0.25) is 0 Å². The molecule has 0 aliphatic heterocycles. The van der Waals surface area contributed by atoms with Crippen LogP contribution < -0.4 is 5.32 Å². The highest BCUT2D eigenvalue weighted by atomic mass is 16.5. The van der Waals surface area contributed by atoms with E-state index in [9.17, 15) is 0 Å². The number of rotatable bonds is 13. The number of nitrogens with zero attached hydrogens (tertiary/aromatic N) is 1. The van der Waals surface area contributed by atoms with E-state index in [-0.39, 0.29) is 0 Å². The van der Waals surface area contributed by atoms with Gasteiger partial charge in [-0.1, -0.05) is 34.6 Å². The van der Waals surface area contributed by atoms with Crippen LogP contribution in [0, 0.1) is 11.3 Å². The Balaban J connectivity index is 4.59. The highest BCUT2D eigenvalue weighted by Crippen LogP contribution is 2.27. The Kier molecular flexibility index (Phi) is 11.5. The van der Waals surface area contributed by atoms with Gasteiger partial charge in [-0.3, -0.25) is 0 Å². The van der Waals surface area contributed by atoms with Crippen LogP contribution in [0.15, 0.2) is 0 Å². The van der Waals surface area contributed by atoms with Crippen molar-refractivity contribution in [3.63, 3.8) is 0 Å². The minimum absolute atomic E-state index is 0.401. The summed E-state index contributed by atoms with van der Waals surface area (Å²) in [6, 6.07) is 0. The summed E-state index contributed by atoms with van der Waals surface area (Å²) in [6.45, 7) is 18.0. The average molecular weight is 287 g/mol. The number of nitrogens with one attached hydrogen (secondary N) is 1. The molecule has 0 heterocycles. The molecule has 122 valence electrons. The topological polar surface area (TPSA) is 24.5 Å². The molecule has 0 amide bonds. The normalized spacial score (nSPS) is 12.6. The minimum Gasteiger partial charge on any atom is -0.383 e. The lowest BCUT2D eigenvalue weighted by Crippen LogP contribution is -2.45. The summed E-state index contributed by atoms with van der Waals surface area (Å²) < 4.78 is 5.28. The van der Waals surface area contributed by atoms with E-state index in [0.29, 0.717) is 11.3 Å². The van der Waals surface area contributed by atoms with Gasteiger partial charge in [-0.05, 0) is 37.1 Å². The van der Waals surface area contributed by atoms with Gasteiger partial charge in [-0.25, -0.2) is 0 Å². The Morgan fingerprint density at radius 2 is 1.80 bits per heavy atom. The molecule has 0 aliphatic carbocycles. The van der Waals surface area contributed by atoms with Crippen molar-refractivity contribution in [1.29, 1.82) is 0 Å². The zero-order valence-electron chi connectivity index (χ0n) is 14.8. The number of methoxy groups -OCH3 is 1. The van der Waals surface area contributed by atoms with E-state index in [1.807, 2.05) is 0 Å². The molecule has 0 aromatic heterocycles. The monoisotopic (exact) mass is 286 g/mol. The van der Waals surface area contributed by atoms with E-state index in [1.165, 1.54) is 32.4 Å². The Morgan fingerprint density at radius 3 is 2.25 bits per heavy atom. The summed E-state index contributed by atoms with van der Waals surface area (Å²) in [6.07, 6.45) is 3.69. The molecule has 0 spiro atoms. The highest BCUT2D eigenvalue weighted by molar-refractivity contribution is 4.83. The SMILES string of the molecule is CCCNCC(CC)(CC)CN(CCOC)CC(C)C. The van der Waals surface area contributed by atoms with Crippen LogP contribution in [-0.2, 0) is 4.74 Å². The third kappa shape index (κ3) is 8.23. The summed E-state index contributed by atoms with van der Waals surface area (Å²) in [5, 5.41) is 3.63. The van der Waals surface area contributed by atoms with Gasteiger partial charge in [0.1, 0.15) is 0 Å². The van der Waals surface area contributed by atoms with Gasteiger partial charge in [-0.2, -0.15) is 0 Å². The molecular formula is C17H38N2O. The molecular weight excluding hydrogens is 248 g/mol. The zero-order chi connectivity index (χ0) is 15.4. The Morgan fingerprint density at radius 1 is 1.15 bits per heavy atom. The fourth-order valence-electron chi connectivity index (χ4n) is 2.76. The molecule has 1 N–H and O–H groups in total. The van der Waals surface area contributed by atoms with Gasteiger partial charge in [0.2, 0.25) is 0 Å². The molecule has 0 aromatic rings. The molecule has 0 rings (SSSR count). The van der Waals surface area contributed by atoms with Gasteiger partial charge < -0.3 is 15.0 Å². The van der Waals surface area contributed by atoms with Crippen molar-refractivity contribution in [2.75, 3.05) is 46.4 Å². The van der Waals surface area contributed by atoms with Crippen LogP contribution in [0.1, 0.15) is 53.9 Å². The van der Waals surface area contributed by atoms with Crippen LogP contribution in [0.25, 0.3) is 0 Å². The molecule has 0 aliphatic rings. The Labute approximate surface area is 127 Å². The quantitative estimate of drug-likeness (QED) is 0.525. The standard InChI is InChI=1S/C17H38N2O/c1-7-10-18-14-17(8-2,9-3)15-19(11-12-20-6)13-16(4)5/h16,18H,7-15H2,1-6H3. The minimum atomic E-state index is 0.401. The number of hydrogen-bond acceptors (Lipinski definition) is 3. The first kappa shape index (κ1) is 19.9. The third-order valence-electron chi connectivity index (χ3n) is 4.22. The number of hydrogen-bond donors (Lipinski definition) is 1.